The van der Waals surface area contributed by atoms with Crippen LogP contribution in [0.2, 0.25) is 0 Å². The van der Waals surface area contributed by atoms with E-state index in [0.717, 1.165) is 33.2 Å². The zero-order valence-electron chi connectivity index (χ0n) is 20.1. The van der Waals surface area contributed by atoms with E-state index in [-0.39, 0.29) is 5.78 Å². The summed E-state index contributed by atoms with van der Waals surface area (Å²) in [4.78, 5) is 24.5. The number of ether oxygens (including phenoxy) is 1. The molecule has 0 radical (unpaired) electrons. The third kappa shape index (κ3) is 5.05. The Morgan fingerprint density at radius 2 is 1.94 bits per heavy atom. The third-order valence-corrected chi connectivity index (χ3v) is 6.15. The lowest BCUT2D eigenvalue weighted by Crippen LogP contribution is -2.24. The van der Waals surface area contributed by atoms with Crippen LogP contribution in [-0.4, -0.2) is 22.6 Å². The number of anilines is 1. The highest BCUT2D eigenvalue weighted by Crippen LogP contribution is 2.31. The molecule has 7 nitrogen and oxygen atoms in total. The van der Waals surface area contributed by atoms with Crippen LogP contribution in [0.3, 0.4) is 0 Å². The minimum atomic E-state index is -0.451. The van der Waals surface area contributed by atoms with Crippen molar-refractivity contribution >= 4 is 40.2 Å². The Hall–Kier alpha value is -4.65. The molecule has 2 N–H and O–H groups in total. The molecule has 1 aliphatic rings. The van der Waals surface area contributed by atoms with Gasteiger partial charge in [-0.15, -0.1) is 0 Å². The number of fused-ring (bicyclic) bond motifs is 2. The van der Waals surface area contributed by atoms with Crippen molar-refractivity contribution in [3.05, 3.63) is 101 Å². The van der Waals surface area contributed by atoms with E-state index in [1.807, 2.05) is 91.5 Å². The van der Waals surface area contributed by atoms with Crippen molar-refractivity contribution in [2.45, 2.75) is 20.0 Å². The lowest BCUT2D eigenvalue weighted by molar-refractivity contribution is -0.114. The molecule has 0 atom stereocenters. The molecular weight excluding hydrogens is 452 g/mol. The Bertz CT molecular complexity index is 1520. The molecule has 0 saturated carbocycles. The highest BCUT2D eigenvalue weighted by atomic mass is 16.5. The second kappa shape index (κ2) is 9.92. The Balaban J connectivity index is 1.33. The molecule has 0 bridgehead atoms. The molecule has 4 aromatic rings. The molecule has 36 heavy (non-hydrogen) atoms. The molecule has 0 unspecified atom stereocenters. The fourth-order valence-corrected chi connectivity index (χ4v) is 4.35. The van der Waals surface area contributed by atoms with Crippen LogP contribution < -0.4 is 15.5 Å². The monoisotopic (exact) mass is 478 g/mol. The first-order chi connectivity index (χ1) is 17.5. The lowest BCUT2D eigenvalue weighted by Gasteiger charge is -2.18. The van der Waals surface area contributed by atoms with Crippen molar-refractivity contribution in [3.8, 4) is 5.75 Å². The number of benzene rings is 3. The maximum absolute atomic E-state index is 12.4. The fourth-order valence-electron chi connectivity index (χ4n) is 4.35. The van der Waals surface area contributed by atoms with Crippen LogP contribution in [0.5, 0.6) is 5.75 Å². The molecule has 7 heteroatoms. The minimum Gasteiger partial charge on any atom is -0.488 e. The summed E-state index contributed by atoms with van der Waals surface area (Å²) in [5.41, 5.74) is 8.80. The summed E-state index contributed by atoms with van der Waals surface area (Å²) in [5.74, 6) is 0.669. The summed E-state index contributed by atoms with van der Waals surface area (Å²) in [6.45, 7) is 2.29. The molecule has 0 aliphatic heterocycles. The SMILES string of the molecule is CC1=CC(=O)Cc2cc(OCc3ccccc3)c(/C=N/NC(=O)Nc3ccc4c(ccn4C)c3)cc21. The van der Waals surface area contributed by atoms with E-state index in [1.54, 1.807) is 12.3 Å². The second-order valence-corrected chi connectivity index (χ2v) is 8.82. The van der Waals surface area contributed by atoms with E-state index in [2.05, 4.69) is 15.8 Å². The molecule has 0 saturated heterocycles. The number of amides is 2. The topological polar surface area (TPSA) is 84.7 Å². The fraction of sp³-hybridized carbons (Fsp3) is 0.138. The number of ketones is 1. The summed E-state index contributed by atoms with van der Waals surface area (Å²) in [6.07, 6.45) is 5.52. The quantitative estimate of drug-likeness (QED) is 0.286. The zero-order valence-corrected chi connectivity index (χ0v) is 20.1. The predicted molar refractivity (Wildman–Crippen MR) is 142 cm³/mol. The normalized spacial score (nSPS) is 12.9. The van der Waals surface area contributed by atoms with Gasteiger partial charge in [-0.3, -0.25) is 4.79 Å². The van der Waals surface area contributed by atoms with Crippen molar-refractivity contribution in [3.63, 3.8) is 0 Å². The number of rotatable bonds is 6. The molecule has 1 heterocycles. The van der Waals surface area contributed by atoms with Gasteiger partial charge >= 0.3 is 6.03 Å². The standard InChI is InChI=1S/C29H26N4O3/c1-19-12-25(34)14-22-16-28(36-18-20-6-4-3-5-7-20)23(15-26(19)22)17-30-32-29(35)31-24-8-9-27-21(13-24)10-11-33(27)2/h3-13,15-17H,14,18H2,1-2H3,(H2,31,32,35)/b30-17+. The lowest BCUT2D eigenvalue weighted by atomic mass is 9.89. The average molecular weight is 479 g/mol. The van der Waals surface area contributed by atoms with Gasteiger partial charge in [0.25, 0.3) is 0 Å². The number of aromatic nitrogens is 1. The van der Waals surface area contributed by atoms with Crippen molar-refractivity contribution in [1.29, 1.82) is 0 Å². The van der Waals surface area contributed by atoms with Crippen LogP contribution in [0, 0.1) is 0 Å². The first kappa shape index (κ1) is 23.1. The van der Waals surface area contributed by atoms with Crippen LogP contribution >= 0.6 is 0 Å². The van der Waals surface area contributed by atoms with Crippen molar-refractivity contribution in [2.24, 2.45) is 12.1 Å². The molecule has 0 spiro atoms. The van der Waals surface area contributed by atoms with Crippen LogP contribution in [0.25, 0.3) is 16.5 Å². The van der Waals surface area contributed by atoms with Gasteiger partial charge in [-0.1, -0.05) is 30.3 Å². The van der Waals surface area contributed by atoms with Gasteiger partial charge in [-0.25, -0.2) is 10.2 Å². The Morgan fingerprint density at radius 1 is 1.11 bits per heavy atom. The molecule has 1 aliphatic carbocycles. The Morgan fingerprint density at radius 3 is 2.78 bits per heavy atom. The molecule has 0 fully saturated rings. The number of nitrogens with one attached hydrogen (secondary N) is 2. The van der Waals surface area contributed by atoms with Crippen LogP contribution in [-0.2, 0) is 24.9 Å². The van der Waals surface area contributed by atoms with Gasteiger partial charge in [0.05, 0.1) is 6.21 Å². The largest absolute Gasteiger partial charge is 0.488 e. The Labute approximate surface area is 209 Å². The maximum Gasteiger partial charge on any atom is 0.339 e. The minimum absolute atomic E-state index is 0.0717. The van der Waals surface area contributed by atoms with E-state index >= 15 is 0 Å². The predicted octanol–water partition coefficient (Wildman–Crippen LogP) is 5.44. The van der Waals surface area contributed by atoms with E-state index in [4.69, 9.17) is 4.74 Å². The number of nitrogens with zero attached hydrogens (tertiary/aromatic N) is 2. The van der Waals surface area contributed by atoms with Gasteiger partial charge in [0.15, 0.2) is 5.78 Å². The molecule has 2 amide bonds. The van der Waals surface area contributed by atoms with Crippen LogP contribution in [0.1, 0.15) is 29.2 Å². The summed E-state index contributed by atoms with van der Waals surface area (Å²) in [6, 6.07) is 20.9. The van der Waals surface area contributed by atoms with Gasteiger partial charge in [-0.2, -0.15) is 5.10 Å². The number of aryl methyl sites for hydroxylation is 1. The highest BCUT2D eigenvalue weighted by Gasteiger charge is 2.18. The van der Waals surface area contributed by atoms with Gasteiger partial charge in [0.2, 0.25) is 0 Å². The van der Waals surface area contributed by atoms with Crippen molar-refractivity contribution < 1.29 is 14.3 Å². The Kier molecular flexibility index (Phi) is 6.36. The molecule has 5 rings (SSSR count). The van der Waals surface area contributed by atoms with Gasteiger partial charge in [0, 0.05) is 41.8 Å². The smallest absolute Gasteiger partial charge is 0.339 e. The summed E-state index contributed by atoms with van der Waals surface area (Å²) in [7, 11) is 1.98. The van der Waals surface area contributed by atoms with Gasteiger partial charge in [0.1, 0.15) is 12.4 Å². The summed E-state index contributed by atoms with van der Waals surface area (Å²) < 4.78 is 8.12. The van der Waals surface area contributed by atoms with E-state index in [0.29, 0.717) is 30.0 Å². The first-order valence-corrected chi connectivity index (χ1v) is 11.7. The van der Waals surface area contributed by atoms with E-state index in [1.165, 1.54) is 0 Å². The van der Waals surface area contributed by atoms with Gasteiger partial charge < -0.3 is 14.6 Å². The molecule has 180 valence electrons. The maximum atomic E-state index is 12.4. The zero-order chi connectivity index (χ0) is 25.1. The number of urea groups is 1. The number of allylic oxidation sites excluding steroid dienone is 2. The second-order valence-electron chi connectivity index (χ2n) is 8.82. The van der Waals surface area contributed by atoms with Crippen molar-refractivity contribution in [2.75, 3.05) is 5.32 Å². The molecule has 1 aromatic heterocycles. The van der Waals surface area contributed by atoms with Crippen molar-refractivity contribution in [1.82, 2.24) is 9.99 Å². The number of hydrogen-bond donors (Lipinski definition) is 2. The number of carbonyl (C=O) groups excluding carboxylic acids is 2. The summed E-state index contributed by atoms with van der Waals surface area (Å²) >= 11 is 0. The van der Waals surface area contributed by atoms with E-state index < -0.39 is 6.03 Å². The number of hydrogen-bond acceptors (Lipinski definition) is 4. The highest BCUT2D eigenvalue weighted by molar-refractivity contribution is 6.02. The van der Waals surface area contributed by atoms with E-state index in [9.17, 15) is 9.59 Å². The molecular formula is C29H26N4O3. The molecule has 3 aromatic carbocycles. The van der Waals surface area contributed by atoms with Crippen LogP contribution in [0.15, 0.2) is 84.1 Å². The average Bonchev–Trinajstić information content (AvgIpc) is 3.23. The number of carbonyl (C=O) groups is 2. The first-order valence-electron chi connectivity index (χ1n) is 11.7. The third-order valence-electron chi connectivity index (χ3n) is 6.15. The van der Waals surface area contributed by atoms with Gasteiger partial charge in [-0.05, 0) is 71.7 Å². The summed E-state index contributed by atoms with van der Waals surface area (Å²) in [5, 5.41) is 7.99. The van der Waals surface area contributed by atoms with Crippen LogP contribution in [0.4, 0.5) is 10.5 Å². The number of hydrazone groups is 1.